The van der Waals surface area contributed by atoms with Crippen LogP contribution in [0.1, 0.15) is 16.6 Å². The van der Waals surface area contributed by atoms with E-state index < -0.39 is 5.97 Å². The molecule has 1 rings (SSSR count). The Kier molecular flexibility index (Phi) is 5.88. The Bertz CT molecular complexity index is 444. The van der Waals surface area contributed by atoms with Crippen LogP contribution in [-0.4, -0.2) is 36.5 Å². The molecule has 0 aromatic carbocycles. The molecule has 6 heteroatoms. The van der Waals surface area contributed by atoms with Gasteiger partial charge in [0.15, 0.2) is 0 Å². The van der Waals surface area contributed by atoms with Gasteiger partial charge in [-0.15, -0.1) is 17.9 Å². The molecule has 0 radical (unpaired) electrons. The Hall–Kier alpha value is -1.33. The Morgan fingerprint density at radius 2 is 2.28 bits per heavy atom. The number of thiophene rings is 1. The Morgan fingerprint density at radius 3 is 2.78 bits per heavy atom. The van der Waals surface area contributed by atoms with Gasteiger partial charge in [0.25, 0.3) is 5.91 Å². The third-order valence-corrected chi connectivity index (χ3v) is 3.27. The predicted molar refractivity (Wildman–Crippen MR) is 72.1 cm³/mol. The second-order valence-electron chi connectivity index (χ2n) is 3.38. The van der Waals surface area contributed by atoms with E-state index in [1.807, 2.05) is 0 Å². The van der Waals surface area contributed by atoms with Gasteiger partial charge in [-0.2, -0.15) is 0 Å². The lowest BCUT2D eigenvalue weighted by molar-refractivity contribution is -0.143. The molecule has 0 atom stereocenters. The van der Waals surface area contributed by atoms with Gasteiger partial charge in [0, 0.05) is 6.54 Å². The van der Waals surface area contributed by atoms with Crippen LogP contribution in [0.5, 0.6) is 0 Å². The number of carbonyl (C=O) groups excluding carboxylic acids is 2. The van der Waals surface area contributed by atoms with E-state index >= 15 is 0 Å². The molecule has 0 unspecified atom stereocenters. The maximum absolute atomic E-state index is 12.1. The van der Waals surface area contributed by atoms with Crippen LogP contribution in [0.3, 0.4) is 0 Å². The molecule has 0 saturated heterocycles. The van der Waals surface area contributed by atoms with E-state index in [1.54, 1.807) is 25.1 Å². The summed E-state index contributed by atoms with van der Waals surface area (Å²) in [5, 5.41) is 0. The normalized spacial score (nSPS) is 9.89. The molecule has 98 valence electrons. The first-order chi connectivity index (χ1) is 8.58. The Labute approximate surface area is 115 Å². The van der Waals surface area contributed by atoms with Crippen molar-refractivity contribution in [3.8, 4) is 0 Å². The predicted octanol–water partition coefficient (Wildman–Crippen LogP) is 2.59. The highest BCUT2D eigenvalue weighted by Gasteiger charge is 2.19. The maximum atomic E-state index is 12.1. The highest BCUT2D eigenvalue weighted by molar-refractivity contribution is 7.17. The molecule has 1 aromatic rings. The molecule has 0 aliphatic carbocycles. The number of ether oxygens (including phenoxy) is 1. The fourth-order valence-electron chi connectivity index (χ4n) is 1.32. The summed E-state index contributed by atoms with van der Waals surface area (Å²) in [7, 11) is 0. The summed E-state index contributed by atoms with van der Waals surface area (Å²) in [6.45, 7) is 5.77. The van der Waals surface area contributed by atoms with Gasteiger partial charge in [-0.1, -0.05) is 17.7 Å². The SMILES string of the molecule is C=CCN(CC(=O)OCC)C(=O)c1ccc(Cl)s1. The molecule has 18 heavy (non-hydrogen) atoms. The number of carbonyl (C=O) groups is 2. The minimum absolute atomic E-state index is 0.0891. The number of hydrogen-bond acceptors (Lipinski definition) is 4. The third-order valence-electron chi connectivity index (χ3n) is 2.05. The van der Waals surface area contributed by atoms with Gasteiger partial charge in [-0.05, 0) is 19.1 Å². The molecule has 0 aliphatic rings. The first kappa shape index (κ1) is 14.7. The highest BCUT2D eigenvalue weighted by Crippen LogP contribution is 2.22. The zero-order chi connectivity index (χ0) is 13.5. The summed E-state index contributed by atoms with van der Waals surface area (Å²) < 4.78 is 5.36. The molecule has 1 heterocycles. The van der Waals surface area contributed by atoms with Crippen molar-refractivity contribution in [2.75, 3.05) is 19.7 Å². The van der Waals surface area contributed by atoms with Gasteiger partial charge < -0.3 is 9.64 Å². The molecule has 0 aliphatic heterocycles. The van der Waals surface area contributed by atoms with Crippen molar-refractivity contribution in [1.29, 1.82) is 0 Å². The van der Waals surface area contributed by atoms with Crippen LogP contribution in [0.4, 0.5) is 0 Å². The lowest BCUT2D eigenvalue weighted by atomic mass is 10.3. The summed E-state index contributed by atoms with van der Waals surface area (Å²) in [5.74, 6) is -0.685. The molecule has 0 bridgehead atoms. The van der Waals surface area contributed by atoms with Crippen LogP contribution in [0, 0.1) is 0 Å². The van der Waals surface area contributed by atoms with E-state index in [0.29, 0.717) is 15.8 Å². The number of hydrogen-bond donors (Lipinski definition) is 0. The molecule has 0 fully saturated rings. The minimum Gasteiger partial charge on any atom is -0.465 e. The number of rotatable bonds is 6. The van der Waals surface area contributed by atoms with Crippen LogP contribution in [0.15, 0.2) is 24.8 Å². The Morgan fingerprint density at radius 1 is 1.56 bits per heavy atom. The molecular formula is C12H14ClNO3S. The quantitative estimate of drug-likeness (QED) is 0.597. The van der Waals surface area contributed by atoms with Crippen LogP contribution in [-0.2, 0) is 9.53 Å². The summed E-state index contributed by atoms with van der Waals surface area (Å²) in [6.07, 6.45) is 1.56. The van der Waals surface area contributed by atoms with E-state index in [2.05, 4.69) is 6.58 Å². The first-order valence-electron chi connectivity index (χ1n) is 5.39. The number of esters is 1. The van der Waals surface area contributed by atoms with E-state index in [-0.39, 0.29) is 19.0 Å². The van der Waals surface area contributed by atoms with Crippen molar-refractivity contribution >= 4 is 34.8 Å². The molecule has 4 nitrogen and oxygen atoms in total. The van der Waals surface area contributed by atoms with E-state index in [9.17, 15) is 9.59 Å². The van der Waals surface area contributed by atoms with Crippen molar-refractivity contribution in [1.82, 2.24) is 4.90 Å². The zero-order valence-electron chi connectivity index (χ0n) is 10.0. The van der Waals surface area contributed by atoms with Crippen molar-refractivity contribution < 1.29 is 14.3 Å². The van der Waals surface area contributed by atoms with Crippen molar-refractivity contribution in [3.05, 3.63) is 34.0 Å². The average molecular weight is 288 g/mol. The second-order valence-corrected chi connectivity index (χ2v) is 5.10. The fourth-order valence-corrected chi connectivity index (χ4v) is 2.33. The second kappa shape index (κ2) is 7.18. The lowest BCUT2D eigenvalue weighted by Crippen LogP contribution is -2.36. The largest absolute Gasteiger partial charge is 0.465 e. The zero-order valence-corrected chi connectivity index (χ0v) is 11.6. The maximum Gasteiger partial charge on any atom is 0.325 e. The van der Waals surface area contributed by atoms with Gasteiger partial charge in [-0.3, -0.25) is 9.59 Å². The van der Waals surface area contributed by atoms with Crippen LogP contribution in [0.2, 0.25) is 4.34 Å². The van der Waals surface area contributed by atoms with Crippen LogP contribution < -0.4 is 0 Å². The monoisotopic (exact) mass is 287 g/mol. The van der Waals surface area contributed by atoms with E-state index in [1.165, 1.54) is 16.2 Å². The minimum atomic E-state index is -0.435. The number of halogens is 1. The van der Waals surface area contributed by atoms with Crippen molar-refractivity contribution in [2.45, 2.75) is 6.92 Å². The van der Waals surface area contributed by atoms with Crippen molar-refractivity contribution in [2.24, 2.45) is 0 Å². The van der Waals surface area contributed by atoms with Crippen LogP contribution >= 0.6 is 22.9 Å². The molecular weight excluding hydrogens is 274 g/mol. The smallest absolute Gasteiger partial charge is 0.325 e. The number of amides is 1. The highest BCUT2D eigenvalue weighted by atomic mass is 35.5. The lowest BCUT2D eigenvalue weighted by Gasteiger charge is -2.19. The summed E-state index contributed by atoms with van der Waals surface area (Å²) in [5.41, 5.74) is 0. The summed E-state index contributed by atoms with van der Waals surface area (Å²) in [4.78, 5) is 25.4. The molecule has 0 saturated carbocycles. The van der Waals surface area contributed by atoms with E-state index in [0.717, 1.165) is 0 Å². The summed E-state index contributed by atoms with van der Waals surface area (Å²) >= 11 is 6.96. The van der Waals surface area contributed by atoms with E-state index in [4.69, 9.17) is 16.3 Å². The molecule has 1 aromatic heterocycles. The standard InChI is InChI=1S/C12H14ClNO3S/c1-3-7-14(8-11(15)17-4-2)12(16)9-5-6-10(13)18-9/h3,5-6H,1,4,7-8H2,2H3. The van der Waals surface area contributed by atoms with Gasteiger partial charge in [-0.25, -0.2) is 0 Å². The number of nitrogens with zero attached hydrogens (tertiary/aromatic N) is 1. The van der Waals surface area contributed by atoms with Gasteiger partial charge in [0.1, 0.15) is 6.54 Å². The third kappa shape index (κ3) is 4.16. The summed E-state index contributed by atoms with van der Waals surface area (Å²) in [6, 6.07) is 3.28. The average Bonchev–Trinajstić information content (AvgIpc) is 2.75. The topological polar surface area (TPSA) is 46.6 Å². The van der Waals surface area contributed by atoms with Gasteiger partial charge in [0.2, 0.25) is 0 Å². The van der Waals surface area contributed by atoms with Crippen molar-refractivity contribution in [3.63, 3.8) is 0 Å². The molecule has 1 amide bonds. The van der Waals surface area contributed by atoms with Crippen LogP contribution in [0.25, 0.3) is 0 Å². The van der Waals surface area contributed by atoms with Gasteiger partial charge >= 0.3 is 5.97 Å². The fraction of sp³-hybridized carbons (Fsp3) is 0.333. The molecule has 0 spiro atoms. The molecule has 0 N–H and O–H groups in total. The van der Waals surface area contributed by atoms with Gasteiger partial charge in [0.05, 0.1) is 15.8 Å². The first-order valence-corrected chi connectivity index (χ1v) is 6.59. The Balaban J connectivity index is 2.74.